The zero-order valence-corrected chi connectivity index (χ0v) is 9.66. The van der Waals surface area contributed by atoms with Crippen LogP contribution in [0, 0.1) is 11.8 Å². The number of nitrogens with zero attached hydrogens (tertiary/aromatic N) is 1. The highest BCUT2D eigenvalue weighted by molar-refractivity contribution is 6.29. The topological polar surface area (TPSA) is 62.2 Å². The molecule has 1 fully saturated rings. The lowest BCUT2D eigenvalue weighted by molar-refractivity contribution is 0.0697. The highest BCUT2D eigenvalue weighted by Gasteiger charge is 2.31. The Morgan fingerprint density at radius 1 is 1.69 bits per heavy atom. The van der Waals surface area contributed by atoms with E-state index in [1.165, 1.54) is 18.6 Å². The molecule has 4 nitrogen and oxygen atoms in total. The molecule has 2 atom stereocenters. The molecule has 0 bridgehead atoms. The molecule has 2 rings (SSSR count). The van der Waals surface area contributed by atoms with Gasteiger partial charge < -0.3 is 10.4 Å². The van der Waals surface area contributed by atoms with Crippen LogP contribution in [-0.4, -0.2) is 22.6 Å². The van der Waals surface area contributed by atoms with Crippen molar-refractivity contribution < 1.29 is 9.90 Å². The van der Waals surface area contributed by atoms with Crippen molar-refractivity contribution in [3.63, 3.8) is 0 Å². The molecule has 0 saturated heterocycles. The fourth-order valence-corrected chi connectivity index (χ4v) is 1.84. The first-order chi connectivity index (χ1) is 7.56. The highest BCUT2D eigenvalue weighted by Crippen LogP contribution is 2.37. The highest BCUT2D eigenvalue weighted by atomic mass is 35.5. The minimum Gasteiger partial charge on any atom is -0.478 e. The third-order valence-electron chi connectivity index (χ3n) is 2.86. The lowest BCUT2D eigenvalue weighted by Crippen LogP contribution is -2.07. The van der Waals surface area contributed by atoms with Crippen LogP contribution in [0.25, 0.3) is 0 Å². The number of anilines is 1. The molecule has 1 saturated carbocycles. The van der Waals surface area contributed by atoms with Crippen LogP contribution < -0.4 is 5.32 Å². The number of hydrogen-bond acceptors (Lipinski definition) is 3. The molecule has 2 unspecified atom stereocenters. The van der Waals surface area contributed by atoms with Crippen molar-refractivity contribution in [1.29, 1.82) is 0 Å². The molecule has 0 radical (unpaired) electrons. The number of carboxylic acid groups (broad SMARTS) is 1. The lowest BCUT2D eigenvalue weighted by atomic mass is 10.2. The van der Waals surface area contributed by atoms with Crippen molar-refractivity contribution in [2.24, 2.45) is 11.8 Å². The third-order valence-corrected chi connectivity index (χ3v) is 3.06. The van der Waals surface area contributed by atoms with Crippen molar-refractivity contribution in [1.82, 2.24) is 4.98 Å². The average Bonchev–Trinajstić information content (AvgIpc) is 2.91. The van der Waals surface area contributed by atoms with Gasteiger partial charge in [-0.2, -0.15) is 0 Å². The summed E-state index contributed by atoms with van der Waals surface area (Å²) in [5.74, 6) is 0.968. The first-order valence-electron chi connectivity index (χ1n) is 5.21. The molecule has 1 aromatic rings. The van der Waals surface area contributed by atoms with Gasteiger partial charge in [-0.3, -0.25) is 0 Å². The van der Waals surface area contributed by atoms with E-state index < -0.39 is 5.97 Å². The molecule has 1 heterocycles. The molecule has 2 N–H and O–H groups in total. The van der Waals surface area contributed by atoms with Crippen molar-refractivity contribution in [2.75, 3.05) is 11.9 Å². The SMILES string of the molecule is CC1CC1CNc1cc(C(=O)O)cc(Cl)n1. The number of aromatic carboxylic acids is 1. The Morgan fingerprint density at radius 3 is 2.94 bits per heavy atom. The predicted molar refractivity (Wildman–Crippen MR) is 62.0 cm³/mol. The molecule has 1 aromatic heterocycles. The van der Waals surface area contributed by atoms with Crippen molar-refractivity contribution in [3.8, 4) is 0 Å². The van der Waals surface area contributed by atoms with Gasteiger partial charge in [0, 0.05) is 6.54 Å². The smallest absolute Gasteiger partial charge is 0.335 e. The van der Waals surface area contributed by atoms with E-state index in [9.17, 15) is 4.79 Å². The van der Waals surface area contributed by atoms with Crippen LogP contribution >= 0.6 is 11.6 Å². The zero-order valence-electron chi connectivity index (χ0n) is 8.90. The first kappa shape index (κ1) is 11.2. The van der Waals surface area contributed by atoms with Crippen molar-refractivity contribution in [2.45, 2.75) is 13.3 Å². The Balaban J connectivity index is 2.05. The van der Waals surface area contributed by atoms with Gasteiger partial charge >= 0.3 is 5.97 Å². The van der Waals surface area contributed by atoms with Gasteiger partial charge in [0.2, 0.25) is 0 Å². The Morgan fingerprint density at radius 2 is 2.38 bits per heavy atom. The Bertz CT molecular complexity index is 422. The summed E-state index contributed by atoms with van der Waals surface area (Å²) in [5, 5.41) is 12.2. The van der Waals surface area contributed by atoms with Crippen LogP contribution in [-0.2, 0) is 0 Å². The molecule has 86 valence electrons. The van der Waals surface area contributed by atoms with Crippen molar-refractivity contribution >= 4 is 23.4 Å². The van der Waals surface area contributed by atoms with Gasteiger partial charge in [-0.25, -0.2) is 9.78 Å². The molecular formula is C11H13ClN2O2. The van der Waals surface area contributed by atoms with Crippen LogP contribution in [0.4, 0.5) is 5.82 Å². The normalized spacial score (nSPS) is 22.9. The molecule has 0 aromatic carbocycles. The molecule has 1 aliphatic rings. The molecule has 0 amide bonds. The Kier molecular flexibility index (Phi) is 3.01. The minimum absolute atomic E-state index is 0.159. The molecule has 0 aliphatic heterocycles. The maximum atomic E-state index is 10.8. The summed E-state index contributed by atoms with van der Waals surface area (Å²) in [6.45, 7) is 3.02. The third kappa shape index (κ3) is 2.64. The zero-order chi connectivity index (χ0) is 11.7. The molecule has 5 heteroatoms. The second-order valence-corrected chi connectivity index (χ2v) is 4.61. The summed E-state index contributed by atoms with van der Waals surface area (Å²) >= 11 is 5.74. The van der Waals surface area contributed by atoms with E-state index >= 15 is 0 Å². The lowest BCUT2D eigenvalue weighted by Gasteiger charge is -2.06. The molecule has 1 aliphatic carbocycles. The summed E-state index contributed by atoms with van der Waals surface area (Å²) < 4.78 is 0. The number of hydrogen-bond donors (Lipinski definition) is 2. The predicted octanol–water partition coefficient (Wildman–Crippen LogP) is 2.50. The fourth-order valence-electron chi connectivity index (χ4n) is 1.63. The number of pyridine rings is 1. The maximum absolute atomic E-state index is 10.8. The minimum atomic E-state index is -0.993. The number of halogens is 1. The van der Waals surface area contributed by atoms with Gasteiger partial charge in [0.1, 0.15) is 11.0 Å². The second-order valence-electron chi connectivity index (χ2n) is 4.22. The molecule has 16 heavy (non-hydrogen) atoms. The Labute approximate surface area is 98.6 Å². The summed E-state index contributed by atoms with van der Waals surface area (Å²) in [5.41, 5.74) is 0.159. The van der Waals surface area contributed by atoms with E-state index in [1.807, 2.05) is 0 Å². The number of aromatic nitrogens is 1. The van der Waals surface area contributed by atoms with Gasteiger partial charge in [-0.15, -0.1) is 0 Å². The van der Waals surface area contributed by atoms with E-state index in [-0.39, 0.29) is 10.7 Å². The fraction of sp³-hybridized carbons (Fsp3) is 0.455. The molecule has 0 spiro atoms. The van der Waals surface area contributed by atoms with E-state index in [1.54, 1.807) is 0 Å². The number of rotatable bonds is 4. The van der Waals surface area contributed by atoms with Gasteiger partial charge in [-0.1, -0.05) is 18.5 Å². The quantitative estimate of drug-likeness (QED) is 0.794. The van der Waals surface area contributed by atoms with E-state index in [0.29, 0.717) is 11.7 Å². The van der Waals surface area contributed by atoms with E-state index in [4.69, 9.17) is 16.7 Å². The Hall–Kier alpha value is -1.29. The van der Waals surface area contributed by atoms with Crippen LogP contribution in [0.2, 0.25) is 5.15 Å². The monoisotopic (exact) mass is 240 g/mol. The number of carbonyl (C=O) groups is 1. The second kappa shape index (κ2) is 4.29. The average molecular weight is 241 g/mol. The van der Waals surface area contributed by atoms with E-state index in [2.05, 4.69) is 17.2 Å². The van der Waals surface area contributed by atoms with Gasteiger partial charge in [0.15, 0.2) is 0 Å². The van der Waals surface area contributed by atoms with Crippen LogP contribution in [0.3, 0.4) is 0 Å². The summed E-state index contributed by atoms with van der Waals surface area (Å²) in [6, 6.07) is 2.84. The summed E-state index contributed by atoms with van der Waals surface area (Å²) in [6.07, 6.45) is 1.22. The van der Waals surface area contributed by atoms with Crippen LogP contribution in [0.5, 0.6) is 0 Å². The van der Waals surface area contributed by atoms with Crippen molar-refractivity contribution in [3.05, 3.63) is 22.8 Å². The number of carboxylic acids is 1. The standard InChI is InChI=1S/C11H13ClN2O2/c1-6-2-8(6)5-13-10-4-7(11(15)16)3-9(12)14-10/h3-4,6,8H,2,5H2,1H3,(H,13,14)(H,15,16). The number of nitrogens with one attached hydrogen (secondary N) is 1. The van der Waals surface area contributed by atoms with Crippen LogP contribution in [0.15, 0.2) is 12.1 Å². The molecular weight excluding hydrogens is 228 g/mol. The van der Waals surface area contributed by atoms with E-state index in [0.717, 1.165) is 12.5 Å². The van der Waals surface area contributed by atoms with Gasteiger partial charge in [0.25, 0.3) is 0 Å². The summed E-state index contributed by atoms with van der Waals surface area (Å²) in [4.78, 5) is 14.8. The summed E-state index contributed by atoms with van der Waals surface area (Å²) in [7, 11) is 0. The first-order valence-corrected chi connectivity index (χ1v) is 5.59. The maximum Gasteiger partial charge on any atom is 0.335 e. The largest absolute Gasteiger partial charge is 0.478 e. The van der Waals surface area contributed by atoms with Crippen LogP contribution in [0.1, 0.15) is 23.7 Å². The van der Waals surface area contributed by atoms with Gasteiger partial charge in [0.05, 0.1) is 5.56 Å². The van der Waals surface area contributed by atoms with Gasteiger partial charge in [-0.05, 0) is 30.4 Å².